The molecule has 26 heavy (non-hydrogen) atoms. The van der Waals surface area contributed by atoms with Crippen molar-refractivity contribution in [3.63, 3.8) is 0 Å². The summed E-state index contributed by atoms with van der Waals surface area (Å²) in [6.07, 6.45) is 1.89. The minimum Gasteiger partial charge on any atom is -0.497 e. The summed E-state index contributed by atoms with van der Waals surface area (Å²) < 4.78 is 10.7. The number of carbonyl (C=O) groups is 3. The van der Waals surface area contributed by atoms with Crippen molar-refractivity contribution in [2.75, 3.05) is 26.8 Å². The number of rotatable bonds is 6. The monoisotopic (exact) mass is 361 g/mol. The van der Waals surface area contributed by atoms with Gasteiger partial charge in [0.05, 0.1) is 13.7 Å². The molecule has 2 aliphatic rings. The van der Waals surface area contributed by atoms with E-state index in [4.69, 9.17) is 9.47 Å². The van der Waals surface area contributed by atoms with Crippen LogP contribution in [-0.2, 0) is 9.59 Å². The largest absolute Gasteiger partial charge is 0.497 e. The highest BCUT2D eigenvalue weighted by Gasteiger charge is 2.48. The first-order valence-corrected chi connectivity index (χ1v) is 8.71. The maximum atomic E-state index is 12.3. The fourth-order valence-corrected chi connectivity index (χ4v) is 3.26. The molecule has 1 spiro atoms. The predicted molar refractivity (Wildman–Crippen MR) is 92.9 cm³/mol. The molecule has 0 atom stereocenters. The Kier molecular flexibility index (Phi) is 5.29. The van der Waals surface area contributed by atoms with E-state index < -0.39 is 11.6 Å². The Balaban J connectivity index is 1.38. The van der Waals surface area contributed by atoms with Crippen molar-refractivity contribution in [1.82, 2.24) is 15.5 Å². The van der Waals surface area contributed by atoms with Gasteiger partial charge in [0.1, 0.15) is 17.0 Å². The zero-order valence-electron chi connectivity index (χ0n) is 14.7. The number of nitrogens with zero attached hydrogens (tertiary/aromatic N) is 1. The summed E-state index contributed by atoms with van der Waals surface area (Å²) in [6, 6.07) is 6.84. The Morgan fingerprint density at radius 2 is 1.81 bits per heavy atom. The van der Waals surface area contributed by atoms with Crippen LogP contribution < -0.4 is 20.1 Å². The van der Waals surface area contributed by atoms with E-state index in [9.17, 15) is 14.4 Å². The number of likely N-dealkylation sites (tertiary alicyclic amines) is 1. The molecule has 8 nitrogen and oxygen atoms in total. The first-order chi connectivity index (χ1) is 12.5. The third kappa shape index (κ3) is 3.89. The summed E-state index contributed by atoms with van der Waals surface area (Å²) in [7, 11) is 1.61. The topological polar surface area (TPSA) is 97.0 Å². The molecule has 0 radical (unpaired) electrons. The number of benzene rings is 1. The fraction of sp³-hybridized carbons (Fsp3) is 0.500. The number of piperidine rings is 1. The minimum absolute atomic E-state index is 0.0444. The van der Waals surface area contributed by atoms with Crippen molar-refractivity contribution in [3.8, 4) is 11.5 Å². The van der Waals surface area contributed by atoms with Gasteiger partial charge in [0.25, 0.3) is 5.91 Å². The van der Waals surface area contributed by atoms with Crippen LogP contribution in [0.4, 0.5) is 4.79 Å². The van der Waals surface area contributed by atoms with Crippen LogP contribution in [0.1, 0.15) is 25.7 Å². The van der Waals surface area contributed by atoms with E-state index >= 15 is 0 Å². The minimum atomic E-state index is -0.842. The standard InChI is InChI=1S/C18H23N3O5/c1-25-13-4-6-14(7-5-13)26-12-2-3-15(22)21-10-8-18(9-11-21)16(23)19-17(24)20-18/h4-7H,2-3,8-12H2,1H3,(H2,19,20,23,24). The Labute approximate surface area is 151 Å². The quantitative estimate of drug-likeness (QED) is 0.583. The van der Waals surface area contributed by atoms with Gasteiger partial charge in [-0.1, -0.05) is 0 Å². The maximum absolute atomic E-state index is 12.3. The van der Waals surface area contributed by atoms with Gasteiger partial charge >= 0.3 is 6.03 Å². The molecular weight excluding hydrogens is 338 g/mol. The predicted octanol–water partition coefficient (Wildman–Crippen LogP) is 1.05. The van der Waals surface area contributed by atoms with Crippen molar-refractivity contribution in [2.24, 2.45) is 0 Å². The second-order valence-corrected chi connectivity index (χ2v) is 6.50. The third-order valence-corrected chi connectivity index (χ3v) is 4.85. The van der Waals surface area contributed by atoms with Crippen LogP contribution in [0.3, 0.4) is 0 Å². The summed E-state index contributed by atoms with van der Waals surface area (Å²) >= 11 is 0. The highest BCUT2D eigenvalue weighted by atomic mass is 16.5. The van der Waals surface area contributed by atoms with Gasteiger partial charge in [-0.3, -0.25) is 14.9 Å². The van der Waals surface area contributed by atoms with Crippen LogP contribution >= 0.6 is 0 Å². The van der Waals surface area contributed by atoms with Crippen molar-refractivity contribution in [3.05, 3.63) is 24.3 Å². The molecule has 0 aromatic heterocycles. The second kappa shape index (κ2) is 7.63. The fourth-order valence-electron chi connectivity index (χ4n) is 3.26. The van der Waals surface area contributed by atoms with Gasteiger partial charge in [0, 0.05) is 19.5 Å². The molecule has 1 aromatic rings. The molecule has 2 fully saturated rings. The lowest BCUT2D eigenvalue weighted by Crippen LogP contribution is -2.55. The van der Waals surface area contributed by atoms with Gasteiger partial charge in [-0.2, -0.15) is 0 Å². The van der Waals surface area contributed by atoms with Gasteiger partial charge in [-0.15, -0.1) is 0 Å². The lowest BCUT2D eigenvalue weighted by atomic mass is 9.87. The Morgan fingerprint density at radius 3 is 2.38 bits per heavy atom. The molecule has 2 N–H and O–H groups in total. The number of urea groups is 1. The Morgan fingerprint density at radius 1 is 1.15 bits per heavy atom. The smallest absolute Gasteiger partial charge is 0.322 e. The molecule has 140 valence electrons. The van der Waals surface area contributed by atoms with Crippen LogP contribution in [-0.4, -0.2) is 55.1 Å². The average molecular weight is 361 g/mol. The van der Waals surface area contributed by atoms with E-state index in [0.29, 0.717) is 45.4 Å². The van der Waals surface area contributed by atoms with E-state index in [1.807, 2.05) is 24.3 Å². The molecule has 2 heterocycles. The molecule has 2 saturated heterocycles. The molecule has 4 amide bonds. The molecular formula is C18H23N3O5. The van der Waals surface area contributed by atoms with Crippen LogP contribution in [0.15, 0.2) is 24.3 Å². The average Bonchev–Trinajstić information content (AvgIpc) is 2.92. The number of hydrogen-bond donors (Lipinski definition) is 2. The molecule has 2 aliphatic heterocycles. The number of nitrogens with one attached hydrogen (secondary N) is 2. The van der Waals surface area contributed by atoms with E-state index in [0.717, 1.165) is 11.5 Å². The number of amides is 4. The van der Waals surface area contributed by atoms with E-state index in [2.05, 4.69) is 10.6 Å². The van der Waals surface area contributed by atoms with Crippen LogP contribution in [0.25, 0.3) is 0 Å². The van der Waals surface area contributed by atoms with Gasteiger partial charge in [0.15, 0.2) is 0 Å². The van der Waals surface area contributed by atoms with E-state index in [1.165, 1.54) is 0 Å². The molecule has 0 bridgehead atoms. The van der Waals surface area contributed by atoms with Gasteiger partial charge in [0.2, 0.25) is 5.91 Å². The number of ether oxygens (including phenoxy) is 2. The lowest BCUT2D eigenvalue weighted by Gasteiger charge is -2.37. The van der Waals surface area contributed by atoms with Crippen molar-refractivity contribution < 1.29 is 23.9 Å². The van der Waals surface area contributed by atoms with E-state index in [-0.39, 0.29) is 11.8 Å². The molecule has 0 saturated carbocycles. The molecule has 1 aromatic carbocycles. The molecule has 3 rings (SSSR count). The van der Waals surface area contributed by atoms with Crippen molar-refractivity contribution in [1.29, 1.82) is 0 Å². The van der Waals surface area contributed by atoms with E-state index in [1.54, 1.807) is 12.0 Å². The zero-order valence-corrected chi connectivity index (χ0v) is 14.7. The highest BCUT2D eigenvalue weighted by Crippen LogP contribution is 2.26. The Hall–Kier alpha value is -2.77. The number of carbonyl (C=O) groups excluding carboxylic acids is 3. The van der Waals surface area contributed by atoms with Gasteiger partial charge < -0.3 is 19.7 Å². The van der Waals surface area contributed by atoms with Crippen LogP contribution in [0.5, 0.6) is 11.5 Å². The SMILES string of the molecule is COc1ccc(OCCCC(=O)N2CCC3(CC2)NC(=O)NC3=O)cc1. The molecule has 8 heteroatoms. The summed E-state index contributed by atoms with van der Waals surface area (Å²) in [5.74, 6) is 1.26. The summed E-state index contributed by atoms with van der Waals surface area (Å²) in [6.45, 7) is 1.38. The maximum Gasteiger partial charge on any atom is 0.322 e. The van der Waals surface area contributed by atoms with Crippen LogP contribution in [0.2, 0.25) is 0 Å². The summed E-state index contributed by atoms with van der Waals surface area (Å²) in [4.78, 5) is 37.3. The summed E-state index contributed by atoms with van der Waals surface area (Å²) in [5, 5.41) is 4.96. The van der Waals surface area contributed by atoms with Crippen molar-refractivity contribution in [2.45, 2.75) is 31.2 Å². The van der Waals surface area contributed by atoms with Crippen LogP contribution in [0, 0.1) is 0 Å². The number of methoxy groups -OCH3 is 1. The second-order valence-electron chi connectivity index (χ2n) is 6.50. The highest BCUT2D eigenvalue weighted by molar-refractivity contribution is 6.07. The molecule has 0 aliphatic carbocycles. The first-order valence-electron chi connectivity index (χ1n) is 8.71. The Bertz CT molecular complexity index is 681. The third-order valence-electron chi connectivity index (χ3n) is 4.85. The number of imide groups is 1. The molecule has 0 unspecified atom stereocenters. The number of hydrogen-bond acceptors (Lipinski definition) is 5. The zero-order chi connectivity index (χ0) is 18.6. The van der Waals surface area contributed by atoms with Gasteiger partial charge in [-0.25, -0.2) is 4.79 Å². The first kappa shape index (κ1) is 18.0. The van der Waals surface area contributed by atoms with Gasteiger partial charge in [-0.05, 0) is 43.5 Å². The van der Waals surface area contributed by atoms with Crippen molar-refractivity contribution >= 4 is 17.8 Å². The lowest BCUT2D eigenvalue weighted by molar-refractivity contribution is -0.136. The normalized spacial score (nSPS) is 18.4. The summed E-state index contributed by atoms with van der Waals surface area (Å²) in [5.41, 5.74) is -0.842.